The number of rotatable bonds is 3. The van der Waals surface area contributed by atoms with Gasteiger partial charge in [0.15, 0.2) is 0 Å². The van der Waals surface area contributed by atoms with Crippen molar-refractivity contribution in [1.82, 2.24) is 10.6 Å². The molecule has 0 radical (unpaired) electrons. The average molecular weight is 160 g/mol. The summed E-state index contributed by atoms with van der Waals surface area (Å²) in [5, 5.41) is 5.98. The van der Waals surface area contributed by atoms with Gasteiger partial charge in [0, 0.05) is 13.1 Å². The van der Waals surface area contributed by atoms with Gasteiger partial charge in [-0.3, -0.25) is 4.79 Å². The Kier molecular flexibility index (Phi) is 3.02. The van der Waals surface area contributed by atoms with Crippen molar-refractivity contribution >= 4 is 17.7 Å². The summed E-state index contributed by atoms with van der Waals surface area (Å²) in [5.74, 6) is 0.732. The van der Waals surface area contributed by atoms with Crippen LogP contribution < -0.4 is 10.6 Å². The Hall–Kier alpha value is -0.220. The number of hydrogen-bond acceptors (Lipinski definition) is 3. The molecule has 3 nitrogen and oxygen atoms in total. The summed E-state index contributed by atoms with van der Waals surface area (Å²) < 4.78 is 0. The fourth-order valence-electron chi connectivity index (χ4n) is 0.791. The molecule has 4 heteroatoms. The Bertz CT molecular complexity index is 125. The molecule has 1 aliphatic heterocycles. The van der Waals surface area contributed by atoms with Crippen LogP contribution in [0, 0.1) is 0 Å². The van der Waals surface area contributed by atoms with Crippen molar-refractivity contribution < 1.29 is 4.79 Å². The third kappa shape index (κ3) is 2.19. The summed E-state index contributed by atoms with van der Waals surface area (Å²) in [4.78, 5) is 10.9. The predicted octanol–water partition coefficient (Wildman–Crippen LogP) is -0.563. The lowest BCUT2D eigenvalue weighted by atomic mass is 10.2. The Morgan fingerprint density at radius 1 is 1.80 bits per heavy atom. The zero-order valence-corrected chi connectivity index (χ0v) is 6.83. The molecule has 2 N–H and O–H groups in total. The largest absolute Gasteiger partial charge is 0.350 e. The van der Waals surface area contributed by atoms with Crippen LogP contribution in [0.1, 0.15) is 0 Å². The molecule has 1 aliphatic rings. The van der Waals surface area contributed by atoms with Gasteiger partial charge in [-0.15, -0.1) is 0 Å². The van der Waals surface area contributed by atoms with E-state index in [0.29, 0.717) is 11.8 Å². The van der Waals surface area contributed by atoms with Crippen molar-refractivity contribution in [3.05, 3.63) is 0 Å². The highest BCUT2D eigenvalue weighted by molar-refractivity contribution is 7.99. The minimum atomic E-state index is 0.152. The maximum atomic E-state index is 10.9. The number of carbonyl (C=O) groups excluding carboxylic acids is 1. The fraction of sp³-hybridized carbons (Fsp3) is 0.833. The van der Waals surface area contributed by atoms with Gasteiger partial charge in [-0.1, -0.05) is 0 Å². The van der Waals surface area contributed by atoms with E-state index in [0.717, 1.165) is 13.1 Å². The van der Waals surface area contributed by atoms with Gasteiger partial charge in [0.05, 0.1) is 11.8 Å². The first-order valence-electron chi connectivity index (χ1n) is 3.32. The first-order chi connectivity index (χ1) is 4.83. The molecule has 58 valence electrons. The van der Waals surface area contributed by atoms with Crippen molar-refractivity contribution in [2.24, 2.45) is 0 Å². The minimum absolute atomic E-state index is 0.152. The van der Waals surface area contributed by atoms with E-state index < -0.39 is 0 Å². The van der Waals surface area contributed by atoms with Gasteiger partial charge in [0.25, 0.3) is 0 Å². The van der Waals surface area contributed by atoms with Gasteiger partial charge < -0.3 is 10.6 Å². The maximum absolute atomic E-state index is 10.9. The molecule has 0 aliphatic carbocycles. The number of hydrogen-bond donors (Lipinski definition) is 2. The van der Waals surface area contributed by atoms with Gasteiger partial charge in [0.2, 0.25) is 5.91 Å². The third-order valence-corrected chi connectivity index (χ3v) is 1.97. The highest BCUT2D eigenvalue weighted by Crippen LogP contribution is 1.94. The second-order valence-electron chi connectivity index (χ2n) is 2.36. The van der Waals surface area contributed by atoms with Crippen LogP contribution in [0.2, 0.25) is 0 Å². The summed E-state index contributed by atoms with van der Waals surface area (Å²) in [6, 6.07) is 0.389. The lowest BCUT2D eigenvalue weighted by molar-refractivity contribution is -0.119. The van der Waals surface area contributed by atoms with Crippen molar-refractivity contribution in [3.63, 3.8) is 0 Å². The average Bonchev–Trinajstić information content (AvgIpc) is 1.80. The van der Waals surface area contributed by atoms with E-state index >= 15 is 0 Å². The second kappa shape index (κ2) is 3.83. The number of carbonyl (C=O) groups is 1. The van der Waals surface area contributed by atoms with Crippen LogP contribution in [0.4, 0.5) is 0 Å². The lowest BCUT2D eigenvalue weighted by Gasteiger charge is -2.27. The topological polar surface area (TPSA) is 41.1 Å². The van der Waals surface area contributed by atoms with Crippen molar-refractivity contribution in [1.29, 1.82) is 0 Å². The van der Waals surface area contributed by atoms with Gasteiger partial charge in [-0.2, -0.15) is 11.8 Å². The zero-order chi connectivity index (χ0) is 7.40. The molecule has 1 heterocycles. The van der Waals surface area contributed by atoms with Crippen LogP contribution in [0.5, 0.6) is 0 Å². The zero-order valence-electron chi connectivity index (χ0n) is 6.02. The summed E-state index contributed by atoms with van der Waals surface area (Å²) in [6.45, 7) is 1.86. The van der Waals surface area contributed by atoms with Crippen LogP contribution in [0.25, 0.3) is 0 Å². The quantitative estimate of drug-likeness (QED) is 0.581. The van der Waals surface area contributed by atoms with E-state index in [2.05, 4.69) is 10.6 Å². The molecule has 1 amide bonds. The minimum Gasteiger partial charge on any atom is -0.350 e. The molecule has 0 aromatic carbocycles. The van der Waals surface area contributed by atoms with E-state index in [1.807, 2.05) is 6.26 Å². The van der Waals surface area contributed by atoms with Crippen molar-refractivity contribution in [2.45, 2.75) is 6.04 Å². The molecule has 0 atom stereocenters. The molecular weight excluding hydrogens is 148 g/mol. The SMILES string of the molecule is CSCC(=O)NC1CNC1. The van der Waals surface area contributed by atoms with Crippen LogP contribution >= 0.6 is 11.8 Å². The third-order valence-electron chi connectivity index (χ3n) is 1.42. The summed E-state index contributed by atoms with van der Waals surface area (Å²) in [5.41, 5.74) is 0. The van der Waals surface area contributed by atoms with Gasteiger partial charge >= 0.3 is 0 Å². The Balaban J connectivity index is 2.05. The number of thioether (sulfide) groups is 1. The predicted molar refractivity (Wildman–Crippen MR) is 43.2 cm³/mol. The monoisotopic (exact) mass is 160 g/mol. The Morgan fingerprint density at radius 3 is 2.90 bits per heavy atom. The van der Waals surface area contributed by atoms with Gasteiger partial charge in [-0.25, -0.2) is 0 Å². The standard InChI is InChI=1S/C6H12N2OS/c1-10-4-6(9)8-5-2-7-3-5/h5,7H,2-4H2,1H3,(H,8,9). The molecule has 1 fully saturated rings. The first kappa shape index (κ1) is 7.88. The maximum Gasteiger partial charge on any atom is 0.230 e. The summed E-state index contributed by atoms with van der Waals surface area (Å²) in [6.07, 6.45) is 1.93. The number of nitrogens with one attached hydrogen (secondary N) is 2. The highest BCUT2D eigenvalue weighted by atomic mass is 32.2. The van der Waals surface area contributed by atoms with E-state index in [-0.39, 0.29) is 5.91 Å². The molecule has 0 spiro atoms. The van der Waals surface area contributed by atoms with E-state index in [4.69, 9.17) is 0 Å². The van der Waals surface area contributed by atoms with E-state index in [9.17, 15) is 4.79 Å². The van der Waals surface area contributed by atoms with E-state index in [1.54, 1.807) is 11.8 Å². The summed E-state index contributed by atoms with van der Waals surface area (Å²) >= 11 is 1.55. The molecule has 0 aromatic rings. The normalized spacial score (nSPS) is 18.1. The van der Waals surface area contributed by atoms with Crippen molar-refractivity contribution in [2.75, 3.05) is 25.1 Å². The molecule has 0 bridgehead atoms. The molecule has 0 aromatic heterocycles. The second-order valence-corrected chi connectivity index (χ2v) is 3.22. The van der Waals surface area contributed by atoms with Crippen LogP contribution in [0.3, 0.4) is 0 Å². The molecule has 1 saturated heterocycles. The van der Waals surface area contributed by atoms with Gasteiger partial charge in [-0.05, 0) is 6.26 Å². The Labute approximate surface area is 64.9 Å². The summed E-state index contributed by atoms with van der Waals surface area (Å²) in [7, 11) is 0. The fourth-order valence-corrected chi connectivity index (χ4v) is 1.14. The highest BCUT2D eigenvalue weighted by Gasteiger charge is 2.17. The molecular formula is C6H12N2OS. The van der Waals surface area contributed by atoms with Crippen LogP contribution in [-0.4, -0.2) is 37.0 Å². The van der Waals surface area contributed by atoms with Crippen molar-refractivity contribution in [3.8, 4) is 0 Å². The van der Waals surface area contributed by atoms with Crippen LogP contribution in [-0.2, 0) is 4.79 Å². The van der Waals surface area contributed by atoms with Crippen LogP contribution in [0.15, 0.2) is 0 Å². The van der Waals surface area contributed by atoms with Gasteiger partial charge in [0.1, 0.15) is 0 Å². The molecule has 1 rings (SSSR count). The smallest absolute Gasteiger partial charge is 0.230 e. The lowest BCUT2D eigenvalue weighted by Crippen LogP contribution is -2.57. The molecule has 0 unspecified atom stereocenters. The Morgan fingerprint density at radius 2 is 2.50 bits per heavy atom. The molecule has 0 saturated carbocycles. The van der Waals surface area contributed by atoms with E-state index in [1.165, 1.54) is 0 Å². The number of amides is 1. The first-order valence-corrected chi connectivity index (χ1v) is 4.71. The molecule has 10 heavy (non-hydrogen) atoms.